The molecule has 0 fully saturated rings. The van der Waals surface area contributed by atoms with Gasteiger partial charge in [0.15, 0.2) is 0 Å². The molecule has 3 heterocycles. The van der Waals surface area contributed by atoms with Crippen LogP contribution in [0.15, 0.2) is 59.7 Å². The summed E-state index contributed by atoms with van der Waals surface area (Å²) in [6.45, 7) is 2.29. The number of carbonyl (C=O) groups is 1. The second-order valence-electron chi connectivity index (χ2n) is 6.74. The van der Waals surface area contributed by atoms with Gasteiger partial charge in [-0.15, -0.1) is 11.3 Å². The van der Waals surface area contributed by atoms with Crippen LogP contribution >= 0.6 is 11.3 Å². The smallest absolute Gasteiger partial charge is 0.254 e. The van der Waals surface area contributed by atoms with Crippen molar-refractivity contribution in [3.63, 3.8) is 0 Å². The fraction of sp³-hybridized carbons (Fsp3) is 0.182. The van der Waals surface area contributed by atoms with Crippen molar-refractivity contribution in [3.05, 3.63) is 81.3 Å². The fourth-order valence-corrected chi connectivity index (χ4v) is 4.19. The van der Waals surface area contributed by atoms with Gasteiger partial charge in [0.25, 0.3) is 5.56 Å². The zero-order chi connectivity index (χ0) is 20.2. The minimum atomic E-state index is -0.207. The number of hydrogen-bond donors (Lipinski definition) is 2. The summed E-state index contributed by atoms with van der Waals surface area (Å²) in [5.74, 6) is 0.423. The highest BCUT2D eigenvalue weighted by atomic mass is 32.1. The molecule has 4 rings (SSSR count). The summed E-state index contributed by atoms with van der Waals surface area (Å²) < 4.78 is 1.21. The number of hydrogen-bond acceptors (Lipinski definition) is 5. The van der Waals surface area contributed by atoms with Gasteiger partial charge in [0.05, 0.1) is 6.54 Å². The predicted octanol–water partition coefficient (Wildman–Crippen LogP) is 3.60. The van der Waals surface area contributed by atoms with Gasteiger partial charge in [0, 0.05) is 45.2 Å². The van der Waals surface area contributed by atoms with E-state index in [1.165, 1.54) is 10.1 Å². The molecule has 0 aliphatic heterocycles. The molecule has 2 N–H and O–H groups in total. The number of thiophene rings is 1. The number of carbonyl (C=O) groups excluding carboxylic acids is 1. The second-order valence-corrected chi connectivity index (χ2v) is 7.91. The SMILES string of the molecule is Cc1nc(-c2ccncc2)[nH]c(=O)c1CCC(=O)NCc1cc2ccccc2s1. The minimum Gasteiger partial charge on any atom is -0.351 e. The predicted molar refractivity (Wildman–Crippen MR) is 115 cm³/mol. The Morgan fingerprint density at radius 1 is 1.17 bits per heavy atom. The number of fused-ring (bicyclic) bond motifs is 1. The first-order chi connectivity index (χ1) is 14.1. The van der Waals surface area contributed by atoms with Crippen LogP contribution < -0.4 is 10.9 Å². The average Bonchev–Trinajstić information content (AvgIpc) is 3.15. The van der Waals surface area contributed by atoms with Crippen LogP contribution in [0.4, 0.5) is 0 Å². The highest BCUT2D eigenvalue weighted by molar-refractivity contribution is 7.19. The summed E-state index contributed by atoms with van der Waals surface area (Å²) in [6, 6.07) is 13.8. The highest BCUT2D eigenvalue weighted by Gasteiger charge is 2.12. The summed E-state index contributed by atoms with van der Waals surface area (Å²) in [5.41, 5.74) is 1.77. The molecular weight excluding hydrogens is 384 g/mol. The zero-order valence-electron chi connectivity index (χ0n) is 15.9. The number of H-pyrrole nitrogens is 1. The minimum absolute atomic E-state index is 0.0838. The van der Waals surface area contributed by atoms with Crippen molar-refractivity contribution in [1.82, 2.24) is 20.3 Å². The molecule has 1 amide bonds. The van der Waals surface area contributed by atoms with Crippen LogP contribution in [0.1, 0.15) is 22.6 Å². The summed E-state index contributed by atoms with van der Waals surface area (Å²) >= 11 is 1.67. The lowest BCUT2D eigenvalue weighted by atomic mass is 10.1. The Bertz CT molecular complexity index is 1180. The van der Waals surface area contributed by atoms with Crippen molar-refractivity contribution < 1.29 is 4.79 Å². The Kier molecular flexibility index (Phi) is 5.48. The van der Waals surface area contributed by atoms with Crippen molar-refractivity contribution in [1.29, 1.82) is 0 Å². The van der Waals surface area contributed by atoms with Crippen LogP contribution in [0.2, 0.25) is 0 Å². The molecular formula is C22H20N4O2S. The maximum atomic E-state index is 12.5. The number of pyridine rings is 1. The van der Waals surface area contributed by atoms with E-state index in [-0.39, 0.29) is 17.9 Å². The third-order valence-electron chi connectivity index (χ3n) is 4.71. The molecule has 7 heteroatoms. The third kappa shape index (κ3) is 4.41. The lowest BCUT2D eigenvalue weighted by Gasteiger charge is -2.08. The van der Waals surface area contributed by atoms with Gasteiger partial charge in [-0.3, -0.25) is 14.6 Å². The van der Waals surface area contributed by atoms with Crippen LogP contribution in [0.25, 0.3) is 21.5 Å². The molecule has 0 bridgehead atoms. The quantitative estimate of drug-likeness (QED) is 0.514. The Morgan fingerprint density at radius 2 is 1.97 bits per heavy atom. The van der Waals surface area contributed by atoms with Crippen LogP contribution in [-0.4, -0.2) is 20.9 Å². The molecule has 6 nitrogen and oxygen atoms in total. The average molecular weight is 404 g/mol. The Hall–Kier alpha value is -3.32. The van der Waals surface area contributed by atoms with Crippen molar-refractivity contribution in [2.75, 3.05) is 0 Å². The number of aromatic amines is 1. The summed E-state index contributed by atoms with van der Waals surface area (Å²) in [5, 5.41) is 4.12. The van der Waals surface area contributed by atoms with E-state index in [0.29, 0.717) is 30.0 Å². The standard InChI is InChI=1S/C22H20N4O2S/c1-14-18(22(28)26-21(25-14)15-8-10-23-11-9-15)6-7-20(27)24-13-17-12-16-4-2-3-5-19(16)29-17/h2-5,8-12H,6-7,13H2,1H3,(H,24,27)(H,25,26,28). The monoisotopic (exact) mass is 404 g/mol. The van der Waals surface area contributed by atoms with E-state index in [9.17, 15) is 9.59 Å². The van der Waals surface area contributed by atoms with Gasteiger partial charge in [0.1, 0.15) is 5.82 Å². The molecule has 4 aromatic rings. The molecule has 0 unspecified atom stereocenters. The third-order valence-corrected chi connectivity index (χ3v) is 5.83. The molecule has 0 radical (unpaired) electrons. The molecule has 0 aliphatic rings. The van der Waals surface area contributed by atoms with E-state index in [1.807, 2.05) is 12.1 Å². The lowest BCUT2D eigenvalue weighted by molar-refractivity contribution is -0.121. The lowest BCUT2D eigenvalue weighted by Crippen LogP contribution is -2.24. The number of amides is 1. The van der Waals surface area contributed by atoms with Crippen LogP contribution in [0.5, 0.6) is 0 Å². The van der Waals surface area contributed by atoms with Crippen molar-refractivity contribution >= 4 is 27.3 Å². The summed E-state index contributed by atoms with van der Waals surface area (Å²) in [4.78, 5) is 37.1. The van der Waals surface area contributed by atoms with Gasteiger partial charge in [0.2, 0.25) is 5.91 Å². The number of aromatic nitrogens is 3. The van der Waals surface area contributed by atoms with Crippen LogP contribution in [0, 0.1) is 6.92 Å². The Labute approximate surface area is 171 Å². The van der Waals surface area contributed by atoms with Crippen molar-refractivity contribution in [2.24, 2.45) is 0 Å². The van der Waals surface area contributed by atoms with E-state index >= 15 is 0 Å². The van der Waals surface area contributed by atoms with Gasteiger partial charge >= 0.3 is 0 Å². The van der Waals surface area contributed by atoms with Gasteiger partial charge in [-0.25, -0.2) is 4.98 Å². The molecule has 3 aromatic heterocycles. The maximum Gasteiger partial charge on any atom is 0.254 e. The summed E-state index contributed by atoms with van der Waals surface area (Å²) in [7, 11) is 0. The van der Waals surface area contributed by atoms with E-state index in [2.05, 4.69) is 38.5 Å². The molecule has 146 valence electrons. The Morgan fingerprint density at radius 3 is 2.72 bits per heavy atom. The molecule has 29 heavy (non-hydrogen) atoms. The van der Waals surface area contributed by atoms with Gasteiger partial charge in [-0.05, 0) is 43.0 Å². The van der Waals surface area contributed by atoms with Gasteiger partial charge < -0.3 is 10.3 Å². The first-order valence-corrected chi connectivity index (χ1v) is 10.2. The van der Waals surface area contributed by atoms with Crippen LogP contribution in [0.3, 0.4) is 0 Å². The topological polar surface area (TPSA) is 87.7 Å². The molecule has 0 aliphatic carbocycles. The molecule has 1 aromatic carbocycles. The molecule has 0 saturated heterocycles. The number of nitrogens with zero attached hydrogens (tertiary/aromatic N) is 2. The van der Waals surface area contributed by atoms with E-state index < -0.39 is 0 Å². The number of aryl methyl sites for hydroxylation is 1. The van der Waals surface area contributed by atoms with E-state index in [0.717, 1.165) is 10.4 Å². The molecule has 0 saturated carbocycles. The van der Waals surface area contributed by atoms with Gasteiger partial charge in [-0.2, -0.15) is 0 Å². The van der Waals surface area contributed by atoms with E-state index in [4.69, 9.17) is 0 Å². The normalized spacial score (nSPS) is 10.9. The fourth-order valence-electron chi connectivity index (χ4n) is 3.19. The Balaban J connectivity index is 1.38. The zero-order valence-corrected chi connectivity index (χ0v) is 16.8. The number of nitrogens with one attached hydrogen (secondary N) is 2. The largest absolute Gasteiger partial charge is 0.351 e. The number of benzene rings is 1. The van der Waals surface area contributed by atoms with E-state index in [1.54, 1.807) is 42.8 Å². The molecule has 0 atom stereocenters. The highest BCUT2D eigenvalue weighted by Crippen LogP contribution is 2.25. The number of rotatable bonds is 6. The first-order valence-electron chi connectivity index (χ1n) is 9.34. The summed E-state index contributed by atoms with van der Waals surface area (Å²) in [6.07, 6.45) is 3.90. The molecule has 0 spiro atoms. The van der Waals surface area contributed by atoms with Crippen LogP contribution in [-0.2, 0) is 17.8 Å². The first kappa shape index (κ1) is 19.0. The maximum absolute atomic E-state index is 12.5. The van der Waals surface area contributed by atoms with Crippen molar-refractivity contribution in [3.8, 4) is 11.4 Å². The second kappa shape index (κ2) is 8.36. The van der Waals surface area contributed by atoms with Gasteiger partial charge in [-0.1, -0.05) is 18.2 Å². The van der Waals surface area contributed by atoms with Crippen molar-refractivity contribution in [2.45, 2.75) is 26.3 Å².